The molecule has 1 aliphatic rings. The number of hydrogen-bond donors (Lipinski definition) is 1. The van der Waals surface area contributed by atoms with E-state index in [0.29, 0.717) is 17.9 Å². The number of benzene rings is 2. The van der Waals surface area contributed by atoms with Crippen molar-refractivity contribution in [2.24, 2.45) is 0 Å². The van der Waals surface area contributed by atoms with Crippen LogP contribution in [0.1, 0.15) is 16.8 Å². The summed E-state index contributed by atoms with van der Waals surface area (Å²) in [5.74, 6) is 0.232. The molecule has 0 saturated carbocycles. The highest BCUT2D eigenvalue weighted by molar-refractivity contribution is 5.55. The first-order chi connectivity index (χ1) is 13.7. The number of nitrogens with zero attached hydrogens (tertiary/aromatic N) is 2. The zero-order valence-corrected chi connectivity index (χ0v) is 15.5. The van der Waals surface area contributed by atoms with E-state index >= 15 is 0 Å². The average molecular weight is 379 g/mol. The van der Waals surface area contributed by atoms with Gasteiger partial charge in [0.05, 0.1) is 18.9 Å². The first-order valence-corrected chi connectivity index (χ1v) is 9.40. The molecule has 6 heteroatoms. The third kappa shape index (κ3) is 4.71. The zero-order valence-electron chi connectivity index (χ0n) is 15.5. The van der Waals surface area contributed by atoms with E-state index < -0.39 is 0 Å². The van der Waals surface area contributed by atoms with Gasteiger partial charge in [-0.15, -0.1) is 0 Å². The van der Waals surface area contributed by atoms with Crippen molar-refractivity contribution in [3.8, 4) is 11.4 Å². The third-order valence-electron chi connectivity index (χ3n) is 4.81. The van der Waals surface area contributed by atoms with Crippen molar-refractivity contribution in [3.05, 3.63) is 87.6 Å². The van der Waals surface area contributed by atoms with Gasteiger partial charge in [0.15, 0.2) is 0 Å². The van der Waals surface area contributed by atoms with Crippen LogP contribution in [0.25, 0.3) is 11.4 Å². The number of halogens is 1. The number of rotatable bonds is 5. The zero-order chi connectivity index (χ0) is 19.3. The summed E-state index contributed by atoms with van der Waals surface area (Å²) in [5.41, 5.74) is 3.24. The summed E-state index contributed by atoms with van der Waals surface area (Å²) >= 11 is 0. The second-order valence-corrected chi connectivity index (χ2v) is 6.98. The third-order valence-corrected chi connectivity index (χ3v) is 4.81. The molecular formula is C22H22FN3O2. The number of aromatic amines is 1. The van der Waals surface area contributed by atoms with Crippen LogP contribution in [-0.4, -0.2) is 41.2 Å². The minimum absolute atomic E-state index is 0.214. The van der Waals surface area contributed by atoms with E-state index in [-0.39, 0.29) is 11.4 Å². The van der Waals surface area contributed by atoms with Crippen LogP contribution in [0.4, 0.5) is 4.39 Å². The molecule has 0 amide bonds. The molecule has 0 atom stereocenters. The predicted octanol–water partition coefficient (Wildman–Crippen LogP) is 3.00. The van der Waals surface area contributed by atoms with Crippen LogP contribution in [0, 0.1) is 5.82 Å². The Morgan fingerprint density at radius 3 is 2.57 bits per heavy atom. The van der Waals surface area contributed by atoms with Crippen molar-refractivity contribution >= 4 is 0 Å². The van der Waals surface area contributed by atoms with Gasteiger partial charge in [0.25, 0.3) is 5.56 Å². The van der Waals surface area contributed by atoms with Crippen molar-refractivity contribution in [2.75, 3.05) is 26.3 Å². The van der Waals surface area contributed by atoms with Gasteiger partial charge >= 0.3 is 0 Å². The number of ether oxygens (including phenoxy) is 1. The summed E-state index contributed by atoms with van der Waals surface area (Å²) in [5, 5.41) is 0. The Bertz CT molecular complexity index is 995. The molecule has 1 fully saturated rings. The highest BCUT2D eigenvalue weighted by atomic mass is 19.1. The van der Waals surface area contributed by atoms with E-state index in [1.165, 1.54) is 23.8 Å². The van der Waals surface area contributed by atoms with Crippen LogP contribution in [0.15, 0.2) is 59.4 Å². The van der Waals surface area contributed by atoms with Gasteiger partial charge in [0.1, 0.15) is 11.6 Å². The highest BCUT2D eigenvalue weighted by Gasteiger charge is 2.11. The molecule has 0 aliphatic carbocycles. The molecule has 0 unspecified atom stereocenters. The summed E-state index contributed by atoms with van der Waals surface area (Å²) in [6, 6.07) is 15.9. The van der Waals surface area contributed by atoms with Crippen molar-refractivity contribution in [2.45, 2.75) is 13.0 Å². The molecule has 0 spiro atoms. The van der Waals surface area contributed by atoms with Crippen molar-refractivity contribution in [1.29, 1.82) is 0 Å². The van der Waals surface area contributed by atoms with Crippen molar-refractivity contribution in [1.82, 2.24) is 14.9 Å². The normalized spacial score (nSPS) is 14.9. The Labute approximate surface area is 162 Å². The largest absolute Gasteiger partial charge is 0.379 e. The summed E-state index contributed by atoms with van der Waals surface area (Å²) in [6.07, 6.45) is 0.407. The molecule has 3 aromatic rings. The number of H-pyrrole nitrogens is 1. The maximum Gasteiger partial charge on any atom is 0.251 e. The number of nitrogens with one attached hydrogen (secondary N) is 1. The lowest BCUT2D eigenvalue weighted by Crippen LogP contribution is -2.35. The first kappa shape index (κ1) is 18.5. The van der Waals surface area contributed by atoms with Gasteiger partial charge in [-0.2, -0.15) is 0 Å². The number of hydrogen-bond acceptors (Lipinski definition) is 4. The highest BCUT2D eigenvalue weighted by Crippen LogP contribution is 2.17. The fourth-order valence-corrected chi connectivity index (χ4v) is 3.38. The monoisotopic (exact) mass is 379 g/mol. The molecule has 2 aromatic carbocycles. The molecule has 1 saturated heterocycles. The van der Waals surface area contributed by atoms with Gasteiger partial charge in [-0.3, -0.25) is 9.69 Å². The van der Waals surface area contributed by atoms with E-state index in [1.807, 2.05) is 18.2 Å². The van der Waals surface area contributed by atoms with E-state index in [4.69, 9.17) is 4.74 Å². The minimum atomic E-state index is -0.293. The van der Waals surface area contributed by atoms with Crippen LogP contribution in [0.5, 0.6) is 0 Å². The quantitative estimate of drug-likeness (QED) is 0.740. The Morgan fingerprint density at radius 2 is 1.82 bits per heavy atom. The van der Waals surface area contributed by atoms with Gasteiger partial charge in [-0.1, -0.05) is 36.4 Å². The predicted molar refractivity (Wildman–Crippen MR) is 106 cm³/mol. The Kier molecular flexibility index (Phi) is 5.60. The minimum Gasteiger partial charge on any atom is -0.379 e. The average Bonchev–Trinajstić information content (AvgIpc) is 2.69. The van der Waals surface area contributed by atoms with Crippen LogP contribution < -0.4 is 5.56 Å². The molecule has 0 radical (unpaired) electrons. The molecule has 1 aliphatic heterocycles. The van der Waals surface area contributed by atoms with Crippen LogP contribution in [-0.2, 0) is 17.7 Å². The molecule has 2 heterocycles. The van der Waals surface area contributed by atoms with Crippen LogP contribution in [0.2, 0.25) is 0 Å². The SMILES string of the molecule is O=c1cc(Cc2cccc(F)c2)nc(-c2ccc(CN3CCOCC3)cc2)[nH]1. The number of aromatic nitrogens is 2. The number of morpholine rings is 1. The van der Waals surface area contributed by atoms with E-state index in [9.17, 15) is 9.18 Å². The van der Waals surface area contributed by atoms with Crippen molar-refractivity contribution < 1.29 is 9.13 Å². The first-order valence-electron chi connectivity index (χ1n) is 9.40. The maximum absolute atomic E-state index is 13.4. The molecule has 5 nitrogen and oxygen atoms in total. The topological polar surface area (TPSA) is 58.2 Å². The molecule has 144 valence electrons. The Morgan fingerprint density at radius 1 is 1.04 bits per heavy atom. The van der Waals surface area contributed by atoms with E-state index in [1.54, 1.807) is 6.07 Å². The van der Waals surface area contributed by atoms with Gasteiger partial charge in [-0.05, 0) is 23.3 Å². The molecule has 4 rings (SSSR count). The summed E-state index contributed by atoms with van der Waals surface area (Å²) in [4.78, 5) is 21.8. The lowest BCUT2D eigenvalue weighted by Gasteiger charge is -2.26. The summed E-state index contributed by atoms with van der Waals surface area (Å²) in [6.45, 7) is 4.33. The molecule has 1 aromatic heterocycles. The van der Waals surface area contributed by atoms with Crippen LogP contribution >= 0.6 is 0 Å². The Balaban J connectivity index is 1.52. The smallest absolute Gasteiger partial charge is 0.251 e. The summed E-state index contributed by atoms with van der Waals surface area (Å²) < 4.78 is 18.8. The van der Waals surface area contributed by atoms with Gasteiger partial charge < -0.3 is 9.72 Å². The fraction of sp³-hybridized carbons (Fsp3) is 0.273. The Hall–Kier alpha value is -2.83. The van der Waals surface area contributed by atoms with Crippen LogP contribution in [0.3, 0.4) is 0 Å². The van der Waals surface area contributed by atoms with Gasteiger partial charge in [-0.25, -0.2) is 9.37 Å². The van der Waals surface area contributed by atoms with E-state index in [2.05, 4.69) is 27.0 Å². The van der Waals surface area contributed by atoms with Gasteiger partial charge in [0, 0.05) is 37.7 Å². The maximum atomic E-state index is 13.4. The fourth-order valence-electron chi connectivity index (χ4n) is 3.38. The second kappa shape index (κ2) is 8.46. The summed E-state index contributed by atoms with van der Waals surface area (Å²) in [7, 11) is 0. The van der Waals surface area contributed by atoms with Gasteiger partial charge in [0.2, 0.25) is 0 Å². The molecule has 0 bridgehead atoms. The second-order valence-electron chi connectivity index (χ2n) is 6.98. The van der Waals surface area contributed by atoms with Crippen molar-refractivity contribution in [3.63, 3.8) is 0 Å². The lowest BCUT2D eigenvalue weighted by molar-refractivity contribution is 0.0342. The molecule has 1 N–H and O–H groups in total. The van der Waals surface area contributed by atoms with E-state index in [0.717, 1.165) is 44.0 Å². The standard InChI is InChI=1S/C22H22FN3O2/c23-19-3-1-2-17(12-19)13-20-14-21(27)25-22(24-20)18-6-4-16(5-7-18)15-26-8-10-28-11-9-26/h1-7,12,14H,8-11,13,15H2,(H,24,25,27). The molecule has 28 heavy (non-hydrogen) atoms. The lowest BCUT2D eigenvalue weighted by atomic mass is 10.1. The molecular weight excluding hydrogens is 357 g/mol.